The molecule has 0 aromatic heterocycles. The summed E-state index contributed by atoms with van der Waals surface area (Å²) >= 11 is 0. The molecule has 0 saturated carbocycles. The van der Waals surface area contributed by atoms with Gasteiger partial charge in [0.1, 0.15) is 5.82 Å². The van der Waals surface area contributed by atoms with Crippen molar-refractivity contribution in [1.29, 1.82) is 0 Å². The van der Waals surface area contributed by atoms with Crippen molar-refractivity contribution < 1.29 is 9.18 Å². The molecule has 0 spiro atoms. The van der Waals surface area contributed by atoms with Gasteiger partial charge in [-0.05, 0) is 37.1 Å². The molecule has 0 radical (unpaired) electrons. The van der Waals surface area contributed by atoms with Gasteiger partial charge in [0, 0.05) is 0 Å². The topological polar surface area (TPSA) is 29.1 Å². The highest BCUT2D eigenvalue weighted by molar-refractivity contribution is 5.79. The van der Waals surface area contributed by atoms with E-state index in [1.54, 1.807) is 12.1 Å². The summed E-state index contributed by atoms with van der Waals surface area (Å²) in [5.41, 5.74) is 3.05. The second kappa shape index (κ2) is 6.33. The zero-order chi connectivity index (χ0) is 14.5. The lowest BCUT2D eigenvalue weighted by Crippen LogP contribution is -2.28. The highest BCUT2D eigenvalue weighted by Gasteiger charge is 2.10. The molecular weight excluding hydrogens is 253 g/mol. The van der Waals surface area contributed by atoms with Gasteiger partial charge in [0.25, 0.3) is 0 Å². The van der Waals surface area contributed by atoms with Crippen LogP contribution in [0.1, 0.15) is 29.7 Å². The molecule has 0 aliphatic heterocycles. The molecule has 1 N–H and O–H groups in total. The molecular formula is C17H18FNO. The molecule has 1 amide bonds. The van der Waals surface area contributed by atoms with E-state index >= 15 is 0 Å². The van der Waals surface area contributed by atoms with E-state index < -0.39 is 0 Å². The van der Waals surface area contributed by atoms with Gasteiger partial charge in [0.05, 0.1) is 12.5 Å². The van der Waals surface area contributed by atoms with Crippen LogP contribution >= 0.6 is 0 Å². The first-order valence-electron chi connectivity index (χ1n) is 6.65. The zero-order valence-electron chi connectivity index (χ0n) is 11.7. The molecule has 0 heterocycles. The van der Waals surface area contributed by atoms with Gasteiger partial charge in [-0.3, -0.25) is 4.79 Å². The van der Waals surface area contributed by atoms with Crippen molar-refractivity contribution in [1.82, 2.24) is 5.32 Å². The molecule has 0 bridgehead atoms. The van der Waals surface area contributed by atoms with E-state index in [1.807, 2.05) is 38.1 Å². The van der Waals surface area contributed by atoms with Crippen molar-refractivity contribution in [3.63, 3.8) is 0 Å². The van der Waals surface area contributed by atoms with Gasteiger partial charge in [-0.15, -0.1) is 0 Å². The van der Waals surface area contributed by atoms with Crippen LogP contribution < -0.4 is 5.32 Å². The molecule has 2 aromatic carbocycles. The maximum absolute atomic E-state index is 12.8. The second-order valence-corrected chi connectivity index (χ2v) is 5.00. The van der Waals surface area contributed by atoms with Gasteiger partial charge < -0.3 is 5.32 Å². The number of hydrogen-bond acceptors (Lipinski definition) is 1. The predicted octanol–water partition coefficient (Wildman–Crippen LogP) is 3.55. The Hall–Kier alpha value is -2.16. The lowest BCUT2D eigenvalue weighted by atomic mass is 10.1. The molecule has 3 heteroatoms. The number of carbonyl (C=O) groups is 1. The minimum Gasteiger partial charge on any atom is -0.349 e. The molecule has 104 valence electrons. The van der Waals surface area contributed by atoms with Crippen LogP contribution in [-0.2, 0) is 11.2 Å². The smallest absolute Gasteiger partial charge is 0.224 e. The fourth-order valence-corrected chi connectivity index (χ4v) is 2.02. The maximum Gasteiger partial charge on any atom is 0.224 e. The number of carbonyl (C=O) groups excluding carboxylic acids is 1. The molecule has 0 unspecified atom stereocenters. The SMILES string of the molecule is Cc1ccc(CC(=O)N[C@@H](C)c2ccc(F)cc2)cc1. The van der Waals surface area contributed by atoms with E-state index in [-0.39, 0.29) is 17.8 Å². The third-order valence-electron chi connectivity index (χ3n) is 3.23. The average Bonchev–Trinajstić information content (AvgIpc) is 2.42. The first kappa shape index (κ1) is 14.3. The van der Waals surface area contributed by atoms with Gasteiger partial charge >= 0.3 is 0 Å². The normalized spacial score (nSPS) is 11.9. The molecule has 1 atom stereocenters. The van der Waals surface area contributed by atoms with E-state index in [0.717, 1.165) is 11.1 Å². The molecule has 0 fully saturated rings. The third kappa shape index (κ3) is 3.92. The van der Waals surface area contributed by atoms with Gasteiger partial charge in [0.15, 0.2) is 0 Å². The summed E-state index contributed by atoms with van der Waals surface area (Å²) in [5, 5.41) is 2.92. The Kier molecular flexibility index (Phi) is 4.51. The van der Waals surface area contributed by atoms with Crippen molar-refractivity contribution in [2.75, 3.05) is 0 Å². The van der Waals surface area contributed by atoms with Gasteiger partial charge in [0.2, 0.25) is 5.91 Å². The van der Waals surface area contributed by atoms with Crippen LogP contribution in [0.4, 0.5) is 4.39 Å². The summed E-state index contributed by atoms with van der Waals surface area (Å²) in [7, 11) is 0. The second-order valence-electron chi connectivity index (χ2n) is 5.00. The molecule has 0 aliphatic rings. The lowest BCUT2D eigenvalue weighted by molar-refractivity contribution is -0.121. The van der Waals surface area contributed by atoms with E-state index in [0.29, 0.717) is 6.42 Å². The highest BCUT2D eigenvalue weighted by Crippen LogP contribution is 2.13. The van der Waals surface area contributed by atoms with Crippen molar-refractivity contribution in [2.24, 2.45) is 0 Å². The van der Waals surface area contributed by atoms with Crippen LogP contribution in [0.5, 0.6) is 0 Å². The minimum absolute atomic E-state index is 0.0364. The molecule has 2 aromatic rings. The standard InChI is InChI=1S/C17H18FNO/c1-12-3-5-14(6-4-12)11-17(20)19-13(2)15-7-9-16(18)10-8-15/h3-10,13H,11H2,1-2H3,(H,19,20)/t13-/m0/s1. The number of amides is 1. The minimum atomic E-state index is -0.271. The molecule has 0 saturated heterocycles. The predicted molar refractivity (Wildman–Crippen MR) is 77.8 cm³/mol. The number of rotatable bonds is 4. The fraction of sp³-hybridized carbons (Fsp3) is 0.235. The Labute approximate surface area is 118 Å². The van der Waals surface area contributed by atoms with Crippen LogP contribution in [0.3, 0.4) is 0 Å². The van der Waals surface area contributed by atoms with Crippen LogP contribution in [0.15, 0.2) is 48.5 Å². The van der Waals surface area contributed by atoms with Crippen LogP contribution in [-0.4, -0.2) is 5.91 Å². The number of halogens is 1. The van der Waals surface area contributed by atoms with Gasteiger partial charge in [-0.2, -0.15) is 0 Å². The Bertz CT molecular complexity index is 575. The molecule has 2 nitrogen and oxygen atoms in total. The summed E-state index contributed by atoms with van der Waals surface area (Å²) in [6.45, 7) is 3.90. The van der Waals surface area contributed by atoms with Crippen LogP contribution in [0.25, 0.3) is 0 Å². The largest absolute Gasteiger partial charge is 0.349 e. The van der Waals surface area contributed by atoms with Gasteiger partial charge in [-0.25, -0.2) is 4.39 Å². The highest BCUT2D eigenvalue weighted by atomic mass is 19.1. The number of benzene rings is 2. The quantitative estimate of drug-likeness (QED) is 0.905. The summed E-state index contributed by atoms with van der Waals surface area (Å²) in [6, 6.07) is 13.9. The van der Waals surface area contributed by atoms with Gasteiger partial charge in [-0.1, -0.05) is 42.0 Å². The van der Waals surface area contributed by atoms with Crippen molar-refractivity contribution in [3.8, 4) is 0 Å². The fourth-order valence-electron chi connectivity index (χ4n) is 2.02. The summed E-state index contributed by atoms with van der Waals surface area (Å²) in [5.74, 6) is -0.308. The molecule has 0 aliphatic carbocycles. The Balaban J connectivity index is 1.93. The Morgan fingerprint density at radius 1 is 1.10 bits per heavy atom. The molecule has 2 rings (SSSR count). The van der Waals surface area contributed by atoms with Crippen molar-refractivity contribution in [2.45, 2.75) is 26.3 Å². The van der Waals surface area contributed by atoms with Crippen LogP contribution in [0.2, 0.25) is 0 Å². The maximum atomic E-state index is 12.8. The summed E-state index contributed by atoms with van der Waals surface area (Å²) in [4.78, 5) is 12.0. The van der Waals surface area contributed by atoms with Crippen molar-refractivity contribution >= 4 is 5.91 Å². The monoisotopic (exact) mass is 271 g/mol. The number of nitrogens with one attached hydrogen (secondary N) is 1. The van der Waals surface area contributed by atoms with E-state index in [4.69, 9.17) is 0 Å². The third-order valence-corrected chi connectivity index (χ3v) is 3.23. The summed E-state index contributed by atoms with van der Waals surface area (Å²) in [6.07, 6.45) is 0.353. The number of aryl methyl sites for hydroxylation is 1. The number of hydrogen-bond donors (Lipinski definition) is 1. The van der Waals surface area contributed by atoms with Crippen LogP contribution in [0, 0.1) is 12.7 Å². The zero-order valence-corrected chi connectivity index (χ0v) is 11.7. The van der Waals surface area contributed by atoms with E-state index in [1.165, 1.54) is 17.7 Å². The Morgan fingerprint density at radius 2 is 1.70 bits per heavy atom. The van der Waals surface area contributed by atoms with Crippen molar-refractivity contribution in [3.05, 3.63) is 71.0 Å². The first-order valence-corrected chi connectivity index (χ1v) is 6.65. The lowest BCUT2D eigenvalue weighted by Gasteiger charge is -2.14. The average molecular weight is 271 g/mol. The first-order chi connectivity index (χ1) is 9.54. The Morgan fingerprint density at radius 3 is 2.30 bits per heavy atom. The summed E-state index contributed by atoms with van der Waals surface area (Å²) < 4.78 is 12.8. The molecule has 20 heavy (non-hydrogen) atoms. The van der Waals surface area contributed by atoms with E-state index in [2.05, 4.69) is 5.32 Å². The van der Waals surface area contributed by atoms with E-state index in [9.17, 15) is 9.18 Å².